The van der Waals surface area contributed by atoms with Crippen LogP contribution in [0.25, 0.3) is 0 Å². The monoisotopic (exact) mass is 243 g/mol. The van der Waals surface area contributed by atoms with Crippen molar-refractivity contribution in [2.45, 2.75) is 32.7 Å². The van der Waals surface area contributed by atoms with E-state index in [1.165, 1.54) is 6.20 Å². The summed E-state index contributed by atoms with van der Waals surface area (Å²) >= 11 is 5.50. The summed E-state index contributed by atoms with van der Waals surface area (Å²) in [7, 11) is 0. The third kappa shape index (κ3) is 6.31. The topological polar surface area (TPSA) is 64.9 Å². The molecule has 0 rings (SSSR count). The Hall–Kier alpha value is -1.21. The van der Waals surface area contributed by atoms with Crippen molar-refractivity contribution in [1.29, 1.82) is 5.26 Å². The maximum atomic E-state index is 11.5. The summed E-state index contributed by atoms with van der Waals surface area (Å²) in [6, 6.07) is 1.94. The van der Waals surface area contributed by atoms with Gasteiger partial charge in [-0.25, -0.2) is 0 Å². The number of hydrogen-bond donors (Lipinski definition) is 2. The average Bonchev–Trinajstić information content (AvgIpc) is 2.28. The highest BCUT2D eigenvalue weighted by Gasteiger charge is 2.10. The van der Waals surface area contributed by atoms with Crippen molar-refractivity contribution in [3.8, 4) is 6.07 Å². The number of amides is 1. The van der Waals surface area contributed by atoms with E-state index in [0.717, 1.165) is 12.8 Å². The first-order valence-electron chi connectivity index (χ1n) is 5.36. The number of nitrogens with zero attached hydrogens (tertiary/aromatic N) is 1. The zero-order chi connectivity index (χ0) is 12.4. The molecule has 2 N–H and O–H groups in total. The van der Waals surface area contributed by atoms with Crippen LogP contribution in [-0.4, -0.2) is 24.4 Å². The molecule has 0 aromatic rings. The highest BCUT2D eigenvalue weighted by Crippen LogP contribution is 1.95. The predicted octanol–water partition coefficient (Wildman–Crippen LogP) is 1.53. The number of nitriles is 1. The van der Waals surface area contributed by atoms with E-state index in [0.29, 0.717) is 12.4 Å². The van der Waals surface area contributed by atoms with Gasteiger partial charge in [0.05, 0.1) is 0 Å². The number of carbonyl (C=O) groups excluding carboxylic acids is 1. The van der Waals surface area contributed by atoms with Gasteiger partial charge in [-0.2, -0.15) is 5.26 Å². The van der Waals surface area contributed by atoms with Gasteiger partial charge in [0, 0.05) is 24.7 Å². The van der Waals surface area contributed by atoms with E-state index in [4.69, 9.17) is 16.9 Å². The predicted molar refractivity (Wildman–Crippen MR) is 64.9 cm³/mol. The lowest BCUT2D eigenvalue weighted by molar-refractivity contribution is -0.117. The van der Waals surface area contributed by atoms with Crippen molar-refractivity contribution >= 4 is 17.5 Å². The molecular formula is C11H18ClN3O. The van der Waals surface area contributed by atoms with Gasteiger partial charge in [0.1, 0.15) is 11.6 Å². The number of hydrogen-bond acceptors (Lipinski definition) is 3. The fraction of sp³-hybridized carbons (Fsp3) is 0.636. The van der Waals surface area contributed by atoms with Crippen molar-refractivity contribution in [2.75, 3.05) is 12.4 Å². The molecule has 16 heavy (non-hydrogen) atoms. The van der Waals surface area contributed by atoms with E-state index >= 15 is 0 Å². The third-order valence-corrected chi connectivity index (χ3v) is 2.32. The molecule has 0 aliphatic heterocycles. The van der Waals surface area contributed by atoms with Gasteiger partial charge >= 0.3 is 0 Å². The molecule has 90 valence electrons. The van der Waals surface area contributed by atoms with Crippen LogP contribution in [0.1, 0.15) is 26.7 Å². The normalized spacial score (nSPS) is 12.8. The Balaban J connectivity index is 4.16. The van der Waals surface area contributed by atoms with E-state index in [9.17, 15) is 4.79 Å². The quantitative estimate of drug-likeness (QED) is 0.308. The minimum absolute atomic E-state index is 0.0760. The lowest BCUT2D eigenvalue weighted by Crippen LogP contribution is -2.33. The SMILES string of the molecule is CCC(C)NC(=O)/C(C#N)=C\NCCCCl. The van der Waals surface area contributed by atoms with Gasteiger partial charge in [-0.15, -0.1) is 11.6 Å². The number of alkyl halides is 1. The maximum Gasteiger partial charge on any atom is 0.263 e. The molecular weight excluding hydrogens is 226 g/mol. The molecule has 1 amide bonds. The van der Waals surface area contributed by atoms with Gasteiger partial charge in [0.25, 0.3) is 5.91 Å². The summed E-state index contributed by atoms with van der Waals surface area (Å²) in [5.41, 5.74) is 0.0925. The molecule has 0 aliphatic carbocycles. The Morgan fingerprint density at radius 2 is 2.31 bits per heavy atom. The summed E-state index contributed by atoms with van der Waals surface area (Å²) in [6.07, 6.45) is 3.07. The van der Waals surface area contributed by atoms with Crippen molar-refractivity contribution in [3.63, 3.8) is 0 Å². The van der Waals surface area contributed by atoms with Crippen LogP contribution >= 0.6 is 11.6 Å². The molecule has 0 aromatic heterocycles. The Labute approximate surface area is 102 Å². The van der Waals surface area contributed by atoms with E-state index in [-0.39, 0.29) is 17.5 Å². The molecule has 0 bridgehead atoms. The lowest BCUT2D eigenvalue weighted by Gasteiger charge is -2.10. The van der Waals surface area contributed by atoms with Gasteiger partial charge in [-0.05, 0) is 19.8 Å². The summed E-state index contributed by atoms with van der Waals surface area (Å²) in [4.78, 5) is 11.5. The molecule has 0 fully saturated rings. The van der Waals surface area contributed by atoms with Gasteiger partial charge in [0.15, 0.2) is 0 Å². The van der Waals surface area contributed by atoms with Crippen molar-refractivity contribution < 1.29 is 4.79 Å². The second-order valence-electron chi connectivity index (χ2n) is 3.45. The first-order valence-corrected chi connectivity index (χ1v) is 5.89. The largest absolute Gasteiger partial charge is 0.390 e. The third-order valence-electron chi connectivity index (χ3n) is 2.06. The van der Waals surface area contributed by atoms with Gasteiger partial charge in [-0.3, -0.25) is 4.79 Å². The van der Waals surface area contributed by atoms with E-state index < -0.39 is 0 Å². The Kier molecular flexibility index (Phi) is 8.36. The van der Waals surface area contributed by atoms with Crippen molar-refractivity contribution in [2.24, 2.45) is 0 Å². The molecule has 0 radical (unpaired) electrons. The van der Waals surface area contributed by atoms with Crippen LogP contribution in [-0.2, 0) is 4.79 Å². The lowest BCUT2D eigenvalue weighted by atomic mass is 10.2. The zero-order valence-corrected chi connectivity index (χ0v) is 10.5. The molecule has 1 atom stereocenters. The van der Waals surface area contributed by atoms with E-state index in [2.05, 4.69) is 10.6 Å². The molecule has 0 spiro atoms. The summed E-state index contributed by atoms with van der Waals surface area (Å²) in [5.74, 6) is 0.220. The zero-order valence-electron chi connectivity index (χ0n) is 9.72. The number of carbonyl (C=O) groups is 1. The van der Waals surface area contributed by atoms with Gasteiger partial charge < -0.3 is 10.6 Å². The highest BCUT2D eigenvalue weighted by atomic mass is 35.5. The first kappa shape index (κ1) is 14.8. The van der Waals surface area contributed by atoms with Crippen molar-refractivity contribution in [1.82, 2.24) is 10.6 Å². The smallest absolute Gasteiger partial charge is 0.263 e. The first-order chi connectivity index (χ1) is 7.65. The van der Waals surface area contributed by atoms with Gasteiger partial charge in [-0.1, -0.05) is 6.92 Å². The Morgan fingerprint density at radius 1 is 1.62 bits per heavy atom. The average molecular weight is 244 g/mol. The molecule has 1 unspecified atom stereocenters. The van der Waals surface area contributed by atoms with Gasteiger partial charge in [0.2, 0.25) is 0 Å². The van der Waals surface area contributed by atoms with Crippen LogP contribution < -0.4 is 10.6 Å². The molecule has 0 saturated carbocycles. The summed E-state index contributed by atoms with van der Waals surface area (Å²) in [6.45, 7) is 4.53. The van der Waals surface area contributed by atoms with Crippen LogP contribution in [0.15, 0.2) is 11.8 Å². The summed E-state index contributed by atoms with van der Waals surface area (Å²) < 4.78 is 0. The second kappa shape index (κ2) is 9.05. The molecule has 0 aromatic carbocycles. The fourth-order valence-corrected chi connectivity index (χ4v) is 1.03. The van der Waals surface area contributed by atoms with Crippen molar-refractivity contribution in [3.05, 3.63) is 11.8 Å². The minimum Gasteiger partial charge on any atom is -0.390 e. The van der Waals surface area contributed by atoms with E-state index in [1.807, 2.05) is 19.9 Å². The van der Waals surface area contributed by atoms with Crippen LogP contribution in [0.2, 0.25) is 0 Å². The minimum atomic E-state index is -0.338. The van der Waals surface area contributed by atoms with Crippen LogP contribution in [0.5, 0.6) is 0 Å². The number of rotatable bonds is 7. The molecule has 0 aliphatic rings. The molecule has 4 nitrogen and oxygen atoms in total. The molecule has 5 heteroatoms. The Bertz CT molecular complexity index is 283. The summed E-state index contributed by atoms with van der Waals surface area (Å²) in [5, 5.41) is 14.4. The van der Waals surface area contributed by atoms with E-state index in [1.54, 1.807) is 0 Å². The number of halogens is 1. The van der Waals surface area contributed by atoms with Crippen LogP contribution in [0.4, 0.5) is 0 Å². The molecule has 0 saturated heterocycles. The Morgan fingerprint density at radius 3 is 2.81 bits per heavy atom. The second-order valence-corrected chi connectivity index (χ2v) is 3.83. The number of nitrogens with one attached hydrogen (secondary N) is 2. The maximum absolute atomic E-state index is 11.5. The fourth-order valence-electron chi connectivity index (χ4n) is 0.895. The van der Waals surface area contributed by atoms with Crippen LogP contribution in [0.3, 0.4) is 0 Å². The highest BCUT2D eigenvalue weighted by molar-refractivity contribution is 6.17. The van der Waals surface area contributed by atoms with Crippen LogP contribution in [0, 0.1) is 11.3 Å². The standard InChI is InChI=1S/C11H18ClN3O/c1-3-9(2)15-11(16)10(7-13)8-14-6-4-5-12/h8-9,14H,3-6H2,1-2H3,(H,15,16)/b10-8-. The molecule has 0 heterocycles.